The number of rotatable bonds is 6. The van der Waals surface area contributed by atoms with E-state index in [2.05, 4.69) is 5.32 Å². The van der Waals surface area contributed by atoms with Gasteiger partial charge in [-0.25, -0.2) is 4.39 Å². The molecule has 0 saturated carbocycles. The lowest BCUT2D eigenvalue weighted by Crippen LogP contribution is -2.13. The van der Waals surface area contributed by atoms with Crippen molar-refractivity contribution in [2.45, 2.75) is 6.92 Å². The van der Waals surface area contributed by atoms with Gasteiger partial charge in [0.1, 0.15) is 16.4 Å². The van der Waals surface area contributed by atoms with E-state index < -0.39 is 16.6 Å². The maximum Gasteiger partial charge on any atom is 0.271 e. The van der Waals surface area contributed by atoms with Gasteiger partial charge in [-0.15, -0.1) is 11.3 Å². The van der Waals surface area contributed by atoms with Crippen LogP contribution in [0, 0.1) is 15.9 Å². The monoisotopic (exact) mass is 386 g/mol. The molecule has 0 unspecified atom stereocenters. The number of hydrogen-bond donors (Lipinski definition) is 1. The SMILES string of the molecule is CCOc1cc(-c2ccccc2)sc1C(=O)Nc1cc([N+](=O)[O-])ccc1F. The first-order valence-electron chi connectivity index (χ1n) is 8.07. The highest BCUT2D eigenvalue weighted by Crippen LogP contribution is 2.37. The van der Waals surface area contributed by atoms with Crippen LogP contribution in [0.25, 0.3) is 10.4 Å². The summed E-state index contributed by atoms with van der Waals surface area (Å²) in [5.74, 6) is -0.971. The summed E-state index contributed by atoms with van der Waals surface area (Å²) in [6.45, 7) is 2.15. The predicted molar refractivity (Wildman–Crippen MR) is 102 cm³/mol. The summed E-state index contributed by atoms with van der Waals surface area (Å²) >= 11 is 1.20. The molecule has 138 valence electrons. The van der Waals surface area contributed by atoms with Crippen molar-refractivity contribution in [2.75, 3.05) is 11.9 Å². The highest BCUT2D eigenvalue weighted by atomic mass is 32.1. The van der Waals surface area contributed by atoms with Crippen LogP contribution in [0.2, 0.25) is 0 Å². The van der Waals surface area contributed by atoms with Crippen molar-refractivity contribution >= 4 is 28.6 Å². The Balaban J connectivity index is 1.93. The summed E-state index contributed by atoms with van der Waals surface area (Å²) in [5.41, 5.74) is 0.350. The number of nitrogens with one attached hydrogen (secondary N) is 1. The minimum Gasteiger partial charge on any atom is -0.492 e. The number of nitro benzene ring substituents is 1. The third-order valence-corrected chi connectivity index (χ3v) is 4.84. The van der Waals surface area contributed by atoms with E-state index in [0.717, 1.165) is 28.6 Å². The fourth-order valence-corrected chi connectivity index (χ4v) is 3.44. The fourth-order valence-electron chi connectivity index (χ4n) is 2.44. The van der Waals surface area contributed by atoms with Crippen LogP contribution >= 0.6 is 11.3 Å². The first-order valence-corrected chi connectivity index (χ1v) is 8.88. The Morgan fingerprint density at radius 1 is 1.22 bits per heavy atom. The largest absolute Gasteiger partial charge is 0.492 e. The van der Waals surface area contributed by atoms with Gasteiger partial charge in [0.15, 0.2) is 0 Å². The first-order chi connectivity index (χ1) is 13.0. The number of hydrogen-bond acceptors (Lipinski definition) is 5. The Morgan fingerprint density at radius 2 is 1.96 bits per heavy atom. The minimum absolute atomic E-state index is 0.258. The van der Waals surface area contributed by atoms with Gasteiger partial charge < -0.3 is 10.1 Å². The number of benzene rings is 2. The molecule has 0 bridgehead atoms. The van der Waals surface area contributed by atoms with E-state index in [-0.39, 0.29) is 16.3 Å². The quantitative estimate of drug-likeness (QED) is 0.471. The van der Waals surface area contributed by atoms with Gasteiger partial charge in [-0.3, -0.25) is 14.9 Å². The molecule has 8 heteroatoms. The lowest BCUT2D eigenvalue weighted by Gasteiger charge is -2.07. The summed E-state index contributed by atoms with van der Waals surface area (Å²) in [5, 5.41) is 13.3. The molecule has 0 saturated heterocycles. The maximum absolute atomic E-state index is 14.0. The molecule has 1 amide bonds. The zero-order valence-corrected chi connectivity index (χ0v) is 15.1. The van der Waals surface area contributed by atoms with E-state index in [1.165, 1.54) is 11.3 Å². The van der Waals surface area contributed by atoms with Gasteiger partial charge in [0.2, 0.25) is 0 Å². The average molecular weight is 386 g/mol. The van der Waals surface area contributed by atoms with Gasteiger partial charge in [-0.2, -0.15) is 0 Å². The molecule has 1 heterocycles. The molecule has 0 radical (unpaired) electrons. The van der Waals surface area contributed by atoms with E-state index in [1.54, 1.807) is 13.0 Å². The molecule has 3 rings (SSSR count). The van der Waals surface area contributed by atoms with E-state index in [0.29, 0.717) is 12.4 Å². The lowest BCUT2D eigenvalue weighted by molar-refractivity contribution is -0.384. The van der Waals surface area contributed by atoms with Gasteiger partial charge in [0.25, 0.3) is 11.6 Å². The van der Waals surface area contributed by atoms with E-state index in [4.69, 9.17) is 4.74 Å². The maximum atomic E-state index is 14.0. The van der Waals surface area contributed by atoms with Crippen LogP contribution in [0.5, 0.6) is 5.75 Å². The smallest absolute Gasteiger partial charge is 0.271 e. The fraction of sp³-hybridized carbons (Fsp3) is 0.105. The van der Waals surface area contributed by atoms with Gasteiger partial charge in [0.05, 0.1) is 17.2 Å². The second kappa shape index (κ2) is 7.96. The van der Waals surface area contributed by atoms with Crippen LogP contribution in [0.15, 0.2) is 54.6 Å². The molecule has 0 aliphatic carbocycles. The number of nitro groups is 1. The van der Waals surface area contributed by atoms with Crippen molar-refractivity contribution in [3.8, 4) is 16.2 Å². The molecular weight excluding hydrogens is 371 g/mol. The Kier molecular flexibility index (Phi) is 5.46. The number of carbonyl (C=O) groups excluding carboxylic acids is 1. The molecule has 0 aliphatic rings. The van der Waals surface area contributed by atoms with Crippen LogP contribution < -0.4 is 10.1 Å². The van der Waals surface area contributed by atoms with Crippen molar-refractivity contribution in [3.05, 3.63) is 75.4 Å². The standard InChI is InChI=1S/C19H15FN2O4S/c1-2-26-16-11-17(12-6-4-3-5-7-12)27-18(16)19(23)21-15-10-13(22(24)25)8-9-14(15)20/h3-11H,2H2,1H3,(H,21,23). The second-order valence-corrected chi connectivity index (χ2v) is 6.53. The third-order valence-electron chi connectivity index (χ3n) is 3.67. The summed E-state index contributed by atoms with van der Waals surface area (Å²) in [6, 6.07) is 14.2. The minimum atomic E-state index is -0.758. The van der Waals surface area contributed by atoms with Crippen LogP contribution in [-0.4, -0.2) is 17.4 Å². The van der Waals surface area contributed by atoms with Crippen molar-refractivity contribution in [3.63, 3.8) is 0 Å². The zero-order valence-electron chi connectivity index (χ0n) is 14.3. The molecule has 0 spiro atoms. The third kappa shape index (κ3) is 4.12. The highest BCUT2D eigenvalue weighted by Gasteiger charge is 2.21. The number of halogens is 1. The summed E-state index contributed by atoms with van der Waals surface area (Å²) < 4.78 is 19.5. The molecule has 1 N–H and O–H groups in total. The molecule has 6 nitrogen and oxygen atoms in total. The molecule has 0 fully saturated rings. The van der Waals surface area contributed by atoms with Crippen molar-refractivity contribution in [2.24, 2.45) is 0 Å². The van der Waals surface area contributed by atoms with Crippen LogP contribution in [0.4, 0.5) is 15.8 Å². The molecule has 2 aromatic carbocycles. The highest BCUT2D eigenvalue weighted by molar-refractivity contribution is 7.17. The Hall–Kier alpha value is -3.26. The van der Waals surface area contributed by atoms with Gasteiger partial charge in [0, 0.05) is 17.0 Å². The van der Waals surface area contributed by atoms with E-state index >= 15 is 0 Å². The van der Waals surface area contributed by atoms with E-state index in [1.807, 2.05) is 30.3 Å². The Morgan fingerprint density at radius 3 is 2.63 bits per heavy atom. The topological polar surface area (TPSA) is 81.5 Å². The Labute approximate surface area is 158 Å². The number of amides is 1. The predicted octanol–water partition coefficient (Wildman–Crippen LogP) is 5.11. The number of anilines is 1. The normalized spacial score (nSPS) is 10.4. The van der Waals surface area contributed by atoms with Crippen LogP contribution in [-0.2, 0) is 0 Å². The summed E-state index contributed by atoms with van der Waals surface area (Å²) in [4.78, 5) is 24.0. The first kappa shape index (κ1) is 18.5. The van der Waals surface area contributed by atoms with Gasteiger partial charge >= 0.3 is 0 Å². The summed E-state index contributed by atoms with van der Waals surface area (Å²) in [7, 11) is 0. The molecule has 3 aromatic rings. The number of non-ortho nitro benzene ring substituents is 1. The molecule has 0 aliphatic heterocycles. The van der Waals surface area contributed by atoms with Crippen molar-refractivity contribution < 1.29 is 18.8 Å². The molecule has 0 atom stereocenters. The molecular formula is C19H15FN2O4S. The van der Waals surface area contributed by atoms with Crippen LogP contribution in [0.1, 0.15) is 16.6 Å². The van der Waals surface area contributed by atoms with E-state index in [9.17, 15) is 19.3 Å². The second-order valence-electron chi connectivity index (χ2n) is 5.48. The average Bonchev–Trinajstić information content (AvgIpc) is 3.08. The van der Waals surface area contributed by atoms with Gasteiger partial charge in [-0.05, 0) is 24.6 Å². The van der Waals surface area contributed by atoms with Crippen molar-refractivity contribution in [1.29, 1.82) is 0 Å². The van der Waals surface area contributed by atoms with Crippen molar-refractivity contribution in [1.82, 2.24) is 0 Å². The Bertz CT molecular complexity index is 989. The molecule has 27 heavy (non-hydrogen) atoms. The van der Waals surface area contributed by atoms with Gasteiger partial charge in [-0.1, -0.05) is 30.3 Å². The lowest BCUT2D eigenvalue weighted by atomic mass is 10.2. The summed E-state index contributed by atoms with van der Waals surface area (Å²) in [6.07, 6.45) is 0. The number of ether oxygens (including phenoxy) is 1. The van der Waals surface area contributed by atoms with Crippen LogP contribution in [0.3, 0.4) is 0 Å². The number of thiophene rings is 1. The molecule has 1 aromatic heterocycles. The number of nitrogens with zero attached hydrogens (tertiary/aromatic N) is 1. The number of carbonyl (C=O) groups is 1. The zero-order chi connectivity index (χ0) is 19.4.